The van der Waals surface area contributed by atoms with Crippen LogP contribution in [0.5, 0.6) is 0 Å². The Kier molecular flexibility index (Phi) is 3.46. The maximum absolute atomic E-state index is 5.31. The van der Waals surface area contributed by atoms with Crippen LogP contribution in [0.15, 0.2) is 4.99 Å². The molecule has 2 heterocycles. The summed E-state index contributed by atoms with van der Waals surface area (Å²) in [6, 6.07) is 0. The summed E-state index contributed by atoms with van der Waals surface area (Å²) in [7, 11) is 0. The number of nitrogens with one attached hydrogen (secondary N) is 1. The fourth-order valence-corrected chi connectivity index (χ4v) is 3.43. The fourth-order valence-electron chi connectivity index (χ4n) is 3.43. The summed E-state index contributed by atoms with van der Waals surface area (Å²) in [5, 5.41) is 3.47. The Balaban J connectivity index is 1.61. The van der Waals surface area contributed by atoms with Gasteiger partial charge in [0.05, 0.1) is 19.8 Å². The lowest BCUT2D eigenvalue weighted by Crippen LogP contribution is -2.46. The van der Waals surface area contributed by atoms with Crippen molar-refractivity contribution in [3.05, 3.63) is 0 Å². The van der Waals surface area contributed by atoms with Crippen LogP contribution >= 0.6 is 0 Å². The summed E-state index contributed by atoms with van der Waals surface area (Å²) in [5.74, 6) is 1.12. The molecule has 0 radical (unpaired) electrons. The van der Waals surface area contributed by atoms with E-state index in [0.29, 0.717) is 5.41 Å². The average molecular weight is 265 g/mol. The number of hydrogen-bond acceptors (Lipinski definition) is 2. The van der Waals surface area contributed by atoms with E-state index in [1.807, 2.05) is 0 Å². The van der Waals surface area contributed by atoms with E-state index < -0.39 is 0 Å². The highest BCUT2D eigenvalue weighted by Crippen LogP contribution is 2.47. The molecule has 0 bridgehead atoms. The molecule has 3 rings (SSSR count). The molecule has 3 fully saturated rings. The van der Waals surface area contributed by atoms with Gasteiger partial charge >= 0.3 is 0 Å². The molecule has 0 unspecified atom stereocenters. The number of likely N-dealkylation sites (tertiary alicyclic amines) is 1. The van der Waals surface area contributed by atoms with Crippen LogP contribution in [0, 0.1) is 10.8 Å². The highest BCUT2D eigenvalue weighted by Gasteiger charge is 2.43. The van der Waals surface area contributed by atoms with E-state index in [2.05, 4.69) is 24.1 Å². The molecular weight excluding hydrogens is 238 g/mol. The molecule has 2 saturated heterocycles. The molecule has 4 nitrogen and oxygen atoms in total. The third-order valence-corrected chi connectivity index (χ3v) is 5.00. The summed E-state index contributed by atoms with van der Waals surface area (Å²) in [5.41, 5.74) is 0.911. The molecule has 0 aromatic rings. The minimum Gasteiger partial charge on any atom is -0.380 e. The van der Waals surface area contributed by atoms with Gasteiger partial charge in [-0.2, -0.15) is 0 Å². The van der Waals surface area contributed by atoms with Crippen LogP contribution in [-0.2, 0) is 4.74 Å². The van der Waals surface area contributed by atoms with Crippen LogP contribution in [0.1, 0.15) is 39.5 Å². The molecule has 0 amide bonds. The average Bonchev–Trinajstić information content (AvgIpc) is 2.77. The zero-order chi connectivity index (χ0) is 13.3. The quantitative estimate of drug-likeness (QED) is 0.625. The standard InChI is InChI=1S/C15H27N3O/c1-3-16-13(17-9-14(2)11-19-12-14)18-8-7-15(10-18)5-4-6-15/h3-12H2,1-2H3,(H,16,17). The summed E-state index contributed by atoms with van der Waals surface area (Å²) in [4.78, 5) is 7.34. The number of nitrogens with zero attached hydrogens (tertiary/aromatic N) is 2. The number of guanidine groups is 1. The van der Waals surface area contributed by atoms with E-state index in [-0.39, 0.29) is 5.41 Å². The Bertz CT molecular complexity index is 358. The summed E-state index contributed by atoms with van der Waals surface area (Å²) < 4.78 is 5.31. The van der Waals surface area contributed by atoms with Crippen molar-refractivity contribution in [3.63, 3.8) is 0 Å². The zero-order valence-corrected chi connectivity index (χ0v) is 12.4. The van der Waals surface area contributed by atoms with Gasteiger partial charge in [-0.15, -0.1) is 0 Å². The third-order valence-electron chi connectivity index (χ3n) is 5.00. The van der Waals surface area contributed by atoms with E-state index in [4.69, 9.17) is 9.73 Å². The summed E-state index contributed by atoms with van der Waals surface area (Å²) in [6.07, 6.45) is 5.64. The van der Waals surface area contributed by atoms with Gasteiger partial charge in [0.1, 0.15) is 0 Å². The van der Waals surface area contributed by atoms with Crippen molar-refractivity contribution in [2.24, 2.45) is 15.8 Å². The molecule has 1 N–H and O–H groups in total. The van der Waals surface area contributed by atoms with Gasteiger partial charge in [-0.25, -0.2) is 0 Å². The lowest BCUT2D eigenvalue weighted by atomic mass is 9.68. The second-order valence-electron chi connectivity index (χ2n) is 7.00. The zero-order valence-electron chi connectivity index (χ0n) is 12.4. The molecule has 2 aliphatic heterocycles. The molecule has 0 atom stereocenters. The van der Waals surface area contributed by atoms with Crippen LogP contribution in [0.3, 0.4) is 0 Å². The van der Waals surface area contributed by atoms with E-state index in [9.17, 15) is 0 Å². The van der Waals surface area contributed by atoms with Crippen molar-refractivity contribution < 1.29 is 4.74 Å². The van der Waals surface area contributed by atoms with Crippen LogP contribution in [0.25, 0.3) is 0 Å². The van der Waals surface area contributed by atoms with Crippen LogP contribution in [0.4, 0.5) is 0 Å². The smallest absolute Gasteiger partial charge is 0.193 e. The van der Waals surface area contributed by atoms with E-state index in [0.717, 1.165) is 32.3 Å². The van der Waals surface area contributed by atoms with Crippen LogP contribution in [0.2, 0.25) is 0 Å². The van der Waals surface area contributed by atoms with Gasteiger partial charge in [-0.05, 0) is 31.6 Å². The first-order valence-corrected chi connectivity index (χ1v) is 7.76. The first-order chi connectivity index (χ1) is 9.15. The molecule has 4 heteroatoms. The van der Waals surface area contributed by atoms with Gasteiger partial charge in [-0.3, -0.25) is 4.99 Å². The minimum absolute atomic E-state index is 0.272. The van der Waals surface area contributed by atoms with Gasteiger partial charge in [0.2, 0.25) is 0 Å². The summed E-state index contributed by atoms with van der Waals surface area (Å²) >= 11 is 0. The predicted octanol–water partition coefficient (Wildman–Crippen LogP) is 1.86. The number of hydrogen-bond donors (Lipinski definition) is 1. The topological polar surface area (TPSA) is 36.9 Å². The van der Waals surface area contributed by atoms with E-state index in [1.165, 1.54) is 38.8 Å². The summed E-state index contributed by atoms with van der Waals surface area (Å²) in [6.45, 7) is 10.4. The SMILES string of the molecule is CCNC(=NCC1(C)COC1)N1CCC2(CCC2)C1. The Labute approximate surface area is 116 Å². The largest absolute Gasteiger partial charge is 0.380 e. The molecule has 0 aromatic heterocycles. The van der Waals surface area contributed by atoms with Crippen molar-refractivity contribution in [2.75, 3.05) is 39.4 Å². The normalized spacial score (nSPS) is 28.1. The molecule has 108 valence electrons. The Morgan fingerprint density at radius 1 is 1.32 bits per heavy atom. The number of rotatable bonds is 3. The second-order valence-corrected chi connectivity index (χ2v) is 7.00. The van der Waals surface area contributed by atoms with Gasteiger partial charge < -0.3 is 15.0 Å². The van der Waals surface area contributed by atoms with Crippen molar-refractivity contribution in [1.29, 1.82) is 0 Å². The van der Waals surface area contributed by atoms with Crippen molar-refractivity contribution in [1.82, 2.24) is 10.2 Å². The number of aliphatic imine (C=N–C) groups is 1. The lowest BCUT2D eigenvalue weighted by molar-refractivity contribution is -0.0946. The number of ether oxygens (including phenoxy) is 1. The molecule has 1 saturated carbocycles. The minimum atomic E-state index is 0.272. The third kappa shape index (κ3) is 2.60. The van der Waals surface area contributed by atoms with Crippen molar-refractivity contribution in [3.8, 4) is 0 Å². The maximum atomic E-state index is 5.31. The van der Waals surface area contributed by atoms with E-state index >= 15 is 0 Å². The van der Waals surface area contributed by atoms with Crippen molar-refractivity contribution in [2.45, 2.75) is 39.5 Å². The lowest BCUT2D eigenvalue weighted by Gasteiger charge is -2.39. The van der Waals surface area contributed by atoms with Crippen LogP contribution in [-0.4, -0.2) is 50.3 Å². The Morgan fingerprint density at radius 2 is 2.11 bits per heavy atom. The molecule has 1 aliphatic carbocycles. The first kappa shape index (κ1) is 13.2. The van der Waals surface area contributed by atoms with Gasteiger partial charge in [0, 0.05) is 25.0 Å². The molecule has 19 heavy (non-hydrogen) atoms. The van der Waals surface area contributed by atoms with Gasteiger partial charge in [-0.1, -0.05) is 13.3 Å². The second kappa shape index (κ2) is 4.97. The monoisotopic (exact) mass is 265 g/mol. The fraction of sp³-hybridized carbons (Fsp3) is 0.933. The van der Waals surface area contributed by atoms with Gasteiger partial charge in [0.25, 0.3) is 0 Å². The Hall–Kier alpha value is -0.770. The maximum Gasteiger partial charge on any atom is 0.193 e. The van der Waals surface area contributed by atoms with E-state index in [1.54, 1.807) is 0 Å². The highest BCUT2D eigenvalue weighted by atomic mass is 16.5. The van der Waals surface area contributed by atoms with Gasteiger partial charge in [0.15, 0.2) is 5.96 Å². The predicted molar refractivity (Wildman–Crippen MR) is 77.4 cm³/mol. The van der Waals surface area contributed by atoms with Crippen molar-refractivity contribution >= 4 is 5.96 Å². The molecule has 0 aromatic carbocycles. The molecular formula is C15H27N3O. The molecule has 3 aliphatic rings. The first-order valence-electron chi connectivity index (χ1n) is 7.76. The molecule has 1 spiro atoms. The van der Waals surface area contributed by atoms with Crippen LogP contribution < -0.4 is 5.32 Å². The highest BCUT2D eigenvalue weighted by molar-refractivity contribution is 5.80. The Morgan fingerprint density at radius 3 is 2.58 bits per heavy atom.